The summed E-state index contributed by atoms with van der Waals surface area (Å²) in [7, 11) is 0. The minimum atomic E-state index is -0.424. The third-order valence-corrected chi connectivity index (χ3v) is 4.25. The van der Waals surface area contributed by atoms with E-state index in [4.69, 9.17) is 5.73 Å². The summed E-state index contributed by atoms with van der Waals surface area (Å²) >= 11 is 0. The van der Waals surface area contributed by atoms with E-state index in [2.05, 4.69) is 9.97 Å². The lowest BCUT2D eigenvalue weighted by molar-refractivity contribution is 0.698. The first kappa shape index (κ1) is 15.9. The summed E-state index contributed by atoms with van der Waals surface area (Å²) in [6, 6.07) is 19.1. The van der Waals surface area contributed by atoms with E-state index in [1.165, 1.54) is 9.13 Å². The highest BCUT2D eigenvalue weighted by atomic mass is 16.2. The van der Waals surface area contributed by atoms with Gasteiger partial charge in [0.2, 0.25) is 5.95 Å². The number of H-pyrrole nitrogens is 1. The molecule has 26 heavy (non-hydrogen) atoms. The molecule has 0 bridgehead atoms. The number of aromatic nitrogens is 4. The van der Waals surface area contributed by atoms with Crippen molar-refractivity contribution >= 4 is 17.1 Å². The van der Waals surface area contributed by atoms with Crippen LogP contribution >= 0.6 is 0 Å². The molecule has 0 aliphatic carbocycles. The number of nitrogens with one attached hydrogen (secondary N) is 1. The van der Waals surface area contributed by atoms with Crippen LogP contribution in [0.5, 0.6) is 0 Å². The summed E-state index contributed by atoms with van der Waals surface area (Å²) in [5.74, 6) is -0.0128. The lowest BCUT2D eigenvalue weighted by Gasteiger charge is -2.03. The SMILES string of the molecule is Nc1nc2c(c(=O)[nH]1)n(Cc1ccccc1)c(=O)n2Cc1ccccc1. The zero-order chi connectivity index (χ0) is 18.1. The Morgan fingerprint density at radius 2 is 1.38 bits per heavy atom. The van der Waals surface area contributed by atoms with Crippen molar-refractivity contribution in [3.63, 3.8) is 0 Å². The number of nitrogens with two attached hydrogens (primary N) is 1. The second kappa shape index (κ2) is 6.36. The van der Waals surface area contributed by atoms with Crippen molar-refractivity contribution in [1.82, 2.24) is 19.1 Å². The van der Waals surface area contributed by atoms with E-state index < -0.39 is 5.56 Å². The van der Waals surface area contributed by atoms with Gasteiger partial charge in [-0.2, -0.15) is 4.98 Å². The van der Waals surface area contributed by atoms with Gasteiger partial charge in [0.15, 0.2) is 11.2 Å². The molecule has 0 saturated heterocycles. The standard InChI is InChI=1S/C19H17N5O2/c20-18-21-16-15(17(25)22-18)23(11-13-7-3-1-4-8-13)19(26)24(16)12-14-9-5-2-6-10-14/h1-10H,11-12H2,(H3,20,21,22,25). The van der Waals surface area contributed by atoms with Crippen LogP contribution in [0.1, 0.15) is 11.1 Å². The van der Waals surface area contributed by atoms with Crippen LogP contribution in [0.15, 0.2) is 70.3 Å². The molecule has 3 N–H and O–H groups in total. The van der Waals surface area contributed by atoms with E-state index in [0.29, 0.717) is 6.54 Å². The van der Waals surface area contributed by atoms with Crippen LogP contribution in [-0.2, 0) is 13.1 Å². The molecule has 0 amide bonds. The van der Waals surface area contributed by atoms with Crippen molar-refractivity contribution in [3.05, 3.63) is 92.6 Å². The fourth-order valence-electron chi connectivity index (χ4n) is 3.06. The summed E-state index contributed by atoms with van der Waals surface area (Å²) in [5.41, 5.74) is 7.36. The van der Waals surface area contributed by atoms with Gasteiger partial charge >= 0.3 is 5.69 Å². The molecule has 7 heteroatoms. The van der Waals surface area contributed by atoms with Crippen molar-refractivity contribution in [3.8, 4) is 0 Å². The van der Waals surface area contributed by atoms with Crippen LogP contribution < -0.4 is 17.0 Å². The average molecular weight is 347 g/mol. The lowest BCUT2D eigenvalue weighted by Crippen LogP contribution is -2.26. The number of fused-ring (bicyclic) bond motifs is 1. The first-order valence-electron chi connectivity index (χ1n) is 8.20. The van der Waals surface area contributed by atoms with Gasteiger partial charge < -0.3 is 5.73 Å². The van der Waals surface area contributed by atoms with E-state index in [0.717, 1.165) is 11.1 Å². The largest absolute Gasteiger partial charge is 0.369 e. The van der Waals surface area contributed by atoms with E-state index in [1.807, 2.05) is 60.7 Å². The van der Waals surface area contributed by atoms with Crippen LogP contribution in [0.4, 0.5) is 5.95 Å². The molecule has 0 atom stereocenters. The number of aromatic amines is 1. The maximum atomic E-state index is 13.1. The second-order valence-electron chi connectivity index (χ2n) is 6.05. The van der Waals surface area contributed by atoms with Gasteiger partial charge in [-0.3, -0.25) is 18.9 Å². The molecule has 0 fully saturated rings. The van der Waals surface area contributed by atoms with Crippen LogP contribution in [0.2, 0.25) is 0 Å². The maximum Gasteiger partial charge on any atom is 0.331 e. The molecule has 0 saturated carbocycles. The summed E-state index contributed by atoms with van der Waals surface area (Å²) < 4.78 is 2.93. The predicted molar refractivity (Wildman–Crippen MR) is 100 cm³/mol. The number of hydrogen-bond acceptors (Lipinski definition) is 4. The van der Waals surface area contributed by atoms with E-state index in [-0.39, 0.29) is 29.3 Å². The van der Waals surface area contributed by atoms with Crippen molar-refractivity contribution in [2.24, 2.45) is 0 Å². The predicted octanol–water partition coefficient (Wildman–Crippen LogP) is 1.57. The van der Waals surface area contributed by atoms with Gasteiger partial charge in [-0.1, -0.05) is 60.7 Å². The summed E-state index contributed by atoms with van der Waals surface area (Å²) in [4.78, 5) is 32.2. The Morgan fingerprint density at radius 1 is 0.846 bits per heavy atom. The van der Waals surface area contributed by atoms with E-state index in [9.17, 15) is 9.59 Å². The zero-order valence-electron chi connectivity index (χ0n) is 13.9. The number of nitrogens with zero attached hydrogens (tertiary/aromatic N) is 3. The third-order valence-electron chi connectivity index (χ3n) is 4.25. The molecular formula is C19H17N5O2. The highest BCUT2D eigenvalue weighted by Crippen LogP contribution is 2.12. The highest BCUT2D eigenvalue weighted by Gasteiger charge is 2.18. The first-order chi connectivity index (χ1) is 12.6. The molecule has 2 aromatic carbocycles. The smallest absolute Gasteiger partial charge is 0.331 e. The molecule has 7 nitrogen and oxygen atoms in total. The van der Waals surface area contributed by atoms with Crippen LogP contribution in [0.3, 0.4) is 0 Å². The fraction of sp³-hybridized carbons (Fsp3) is 0.105. The Bertz CT molecular complexity index is 1170. The van der Waals surface area contributed by atoms with Crippen molar-refractivity contribution < 1.29 is 0 Å². The topological polar surface area (TPSA) is 98.7 Å². The van der Waals surface area contributed by atoms with E-state index in [1.54, 1.807) is 0 Å². The zero-order valence-corrected chi connectivity index (χ0v) is 13.9. The lowest BCUT2D eigenvalue weighted by atomic mass is 10.2. The van der Waals surface area contributed by atoms with E-state index >= 15 is 0 Å². The molecule has 0 spiro atoms. The minimum Gasteiger partial charge on any atom is -0.369 e. The van der Waals surface area contributed by atoms with Crippen LogP contribution in [-0.4, -0.2) is 19.1 Å². The Hall–Kier alpha value is -3.61. The molecule has 0 aliphatic heterocycles. The normalized spacial score (nSPS) is 11.1. The number of imidazole rings is 1. The number of anilines is 1. The van der Waals surface area contributed by atoms with Gasteiger partial charge in [-0.05, 0) is 11.1 Å². The van der Waals surface area contributed by atoms with Gasteiger partial charge in [0.05, 0.1) is 13.1 Å². The van der Waals surface area contributed by atoms with Crippen molar-refractivity contribution in [2.75, 3.05) is 5.73 Å². The monoisotopic (exact) mass is 347 g/mol. The van der Waals surface area contributed by atoms with Gasteiger partial charge in [-0.15, -0.1) is 0 Å². The first-order valence-corrected chi connectivity index (χ1v) is 8.20. The van der Waals surface area contributed by atoms with Crippen LogP contribution in [0, 0.1) is 0 Å². The van der Waals surface area contributed by atoms with Gasteiger partial charge in [0.25, 0.3) is 5.56 Å². The molecule has 0 unspecified atom stereocenters. The van der Waals surface area contributed by atoms with Gasteiger partial charge in [0.1, 0.15) is 0 Å². The average Bonchev–Trinajstić information content (AvgIpc) is 2.89. The van der Waals surface area contributed by atoms with Crippen molar-refractivity contribution in [2.45, 2.75) is 13.1 Å². The molecule has 2 aromatic heterocycles. The Kier molecular flexibility index (Phi) is 3.89. The number of rotatable bonds is 4. The van der Waals surface area contributed by atoms with Gasteiger partial charge in [0, 0.05) is 0 Å². The van der Waals surface area contributed by atoms with Gasteiger partial charge in [-0.25, -0.2) is 4.79 Å². The maximum absolute atomic E-state index is 13.1. The fourth-order valence-corrected chi connectivity index (χ4v) is 3.06. The molecule has 0 radical (unpaired) electrons. The quantitative estimate of drug-likeness (QED) is 0.585. The highest BCUT2D eigenvalue weighted by molar-refractivity contribution is 5.72. The second-order valence-corrected chi connectivity index (χ2v) is 6.05. The number of nitrogen functional groups attached to an aromatic ring is 1. The van der Waals surface area contributed by atoms with Crippen molar-refractivity contribution in [1.29, 1.82) is 0 Å². The molecule has 4 aromatic rings. The molecule has 130 valence electrons. The summed E-state index contributed by atoms with van der Waals surface area (Å²) in [6.07, 6.45) is 0. The Labute approximate surface area is 148 Å². The Balaban J connectivity index is 1.93. The number of hydrogen-bond donors (Lipinski definition) is 2. The molecule has 2 heterocycles. The van der Waals surface area contributed by atoms with Crippen LogP contribution in [0.25, 0.3) is 11.2 Å². The molecular weight excluding hydrogens is 330 g/mol. The molecule has 0 aliphatic rings. The third kappa shape index (κ3) is 2.79. The summed E-state index contributed by atoms with van der Waals surface area (Å²) in [5, 5.41) is 0. The minimum absolute atomic E-state index is 0.0128. The summed E-state index contributed by atoms with van der Waals surface area (Å²) in [6.45, 7) is 0.598. The Morgan fingerprint density at radius 3 is 1.96 bits per heavy atom. The molecule has 4 rings (SSSR count). The number of benzene rings is 2.